The topological polar surface area (TPSA) is 53.2 Å². The number of hydrogen-bond acceptors (Lipinski definition) is 2. The summed E-state index contributed by atoms with van der Waals surface area (Å²) in [5.41, 5.74) is -2.39. The zero-order valence-corrected chi connectivity index (χ0v) is 11.8. The molecule has 7 heteroatoms. The number of rotatable bonds is 1. The molecule has 2 rings (SSSR count). The number of carbonyl (C=O) groups is 1. The summed E-state index contributed by atoms with van der Waals surface area (Å²) in [7, 11) is 0. The van der Waals surface area contributed by atoms with E-state index in [0.29, 0.717) is 24.9 Å². The van der Waals surface area contributed by atoms with Crippen LogP contribution in [0, 0.1) is 11.8 Å². The summed E-state index contributed by atoms with van der Waals surface area (Å²) < 4.78 is 37.5. The molecule has 21 heavy (non-hydrogen) atoms. The summed E-state index contributed by atoms with van der Waals surface area (Å²) >= 11 is 0. The van der Waals surface area contributed by atoms with Crippen LogP contribution in [0.25, 0.3) is 0 Å². The molecule has 0 saturated carbocycles. The van der Waals surface area contributed by atoms with Gasteiger partial charge in [0, 0.05) is 13.1 Å². The Morgan fingerprint density at radius 3 is 2.29 bits per heavy atom. The first-order valence-electron chi connectivity index (χ1n) is 6.78. The number of piperidine rings is 1. The number of nitrogens with one attached hydrogen (secondary N) is 1. The van der Waals surface area contributed by atoms with Crippen molar-refractivity contribution < 1.29 is 18.0 Å². The number of H-pyrrole nitrogens is 1. The second-order valence-corrected chi connectivity index (χ2v) is 5.77. The Kier molecular flexibility index (Phi) is 4.11. The van der Waals surface area contributed by atoms with Crippen molar-refractivity contribution in [1.82, 2.24) is 9.88 Å². The Hall–Kier alpha value is -1.79. The van der Waals surface area contributed by atoms with Crippen LogP contribution in [0.1, 0.15) is 36.3 Å². The van der Waals surface area contributed by atoms with E-state index in [-0.39, 0.29) is 5.56 Å². The van der Waals surface area contributed by atoms with Crippen LogP contribution in [-0.2, 0) is 6.18 Å². The highest BCUT2D eigenvalue weighted by molar-refractivity contribution is 5.93. The average Bonchev–Trinajstić information content (AvgIpc) is 2.35. The molecule has 1 saturated heterocycles. The van der Waals surface area contributed by atoms with Gasteiger partial charge in [0.1, 0.15) is 11.3 Å². The fourth-order valence-electron chi connectivity index (χ4n) is 2.81. The quantitative estimate of drug-likeness (QED) is 0.866. The molecule has 2 heterocycles. The van der Waals surface area contributed by atoms with Gasteiger partial charge in [0.25, 0.3) is 11.5 Å². The molecule has 1 fully saturated rings. The number of pyridine rings is 1. The maximum Gasteiger partial charge on any atom is 0.431 e. The molecule has 2 atom stereocenters. The third-order valence-electron chi connectivity index (χ3n) is 3.60. The molecular formula is C14H17F3N2O2. The molecule has 0 aromatic carbocycles. The lowest BCUT2D eigenvalue weighted by molar-refractivity contribution is -0.141. The summed E-state index contributed by atoms with van der Waals surface area (Å²) in [6, 6.07) is 1.68. The molecule has 0 spiro atoms. The standard InChI is InChI=1S/C14H17F3N2O2/c1-8-5-9(2)7-19(6-8)13(21)10-3-4-11(14(15,16)17)18-12(10)20/h3-4,8-9H,5-7H2,1-2H3,(H,18,20)/t8-,9-/m0/s1. The highest BCUT2D eigenvalue weighted by atomic mass is 19.4. The number of aromatic amines is 1. The Balaban J connectivity index is 2.26. The van der Waals surface area contributed by atoms with Crippen LogP contribution >= 0.6 is 0 Å². The lowest BCUT2D eigenvalue weighted by Crippen LogP contribution is -2.44. The zero-order chi connectivity index (χ0) is 15.8. The van der Waals surface area contributed by atoms with E-state index in [2.05, 4.69) is 0 Å². The zero-order valence-electron chi connectivity index (χ0n) is 11.8. The predicted octanol–water partition coefficient (Wildman–Crippen LogP) is 2.51. The number of alkyl halides is 3. The van der Waals surface area contributed by atoms with Crippen molar-refractivity contribution in [2.24, 2.45) is 11.8 Å². The molecular weight excluding hydrogens is 285 g/mol. The van der Waals surface area contributed by atoms with Gasteiger partial charge in [-0.15, -0.1) is 0 Å². The summed E-state index contributed by atoms with van der Waals surface area (Å²) in [4.78, 5) is 27.3. The third-order valence-corrected chi connectivity index (χ3v) is 3.60. The van der Waals surface area contributed by atoms with E-state index < -0.39 is 23.3 Å². The van der Waals surface area contributed by atoms with Gasteiger partial charge in [0.2, 0.25) is 0 Å². The van der Waals surface area contributed by atoms with Crippen molar-refractivity contribution in [3.8, 4) is 0 Å². The number of carbonyl (C=O) groups excluding carboxylic acids is 1. The van der Waals surface area contributed by atoms with Crippen LogP contribution in [0.2, 0.25) is 0 Å². The van der Waals surface area contributed by atoms with Crippen LogP contribution in [0.15, 0.2) is 16.9 Å². The monoisotopic (exact) mass is 302 g/mol. The van der Waals surface area contributed by atoms with Gasteiger partial charge in [-0.3, -0.25) is 9.59 Å². The summed E-state index contributed by atoms with van der Waals surface area (Å²) in [6.07, 6.45) is -3.64. The highest BCUT2D eigenvalue weighted by Gasteiger charge is 2.33. The van der Waals surface area contributed by atoms with Crippen molar-refractivity contribution in [2.75, 3.05) is 13.1 Å². The Labute approximate surface area is 120 Å². The number of amides is 1. The van der Waals surface area contributed by atoms with Crippen LogP contribution in [0.3, 0.4) is 0 Å². The number of aromatic nitrogens is 1. The smallest absolute Gasteiger partial charge is 0.338 e. The van der Waals surface area contributed by atoms with Crippen molar-refractivity contribution in [2.45, 2.75) is 26.4 Å². The first-order chi connectivity index (χ1) is 9.68. The predicted molar refractivity (Wildman–Crippen MR) is 70.9 cm³/mol. The molecule has 1 aromatic rings. The molecule has 1 aromatic heterocycles. The summed E-state index contributed by atoms with van der Waals surface area (Å²) in [5, 5.41) is 0. The second-order valence-electron chi connectivity index (χ2n) is 5.77. The lowest BCUT2D eigenvalue weighted by Gasteiger charge is -2.34. The lowest BCUT2D eigenvalue weighted by atomic mass is 9.91. The maximum absolute atomic E-state index is 12.5. The van der Waals surface area contributed by atoms with E-state index in [1.807, 2.05) is 13.8 Å². The molecule has 4 nitrogen and oxygen atoms in total. The summed E-state index contributed by atoms with van der Waals surface area (Å²) in [5.74, 6) is 0.112. The van der Waals surface area contributed by atoms with Crippen molar-refractivity contribution in [1.29, 1.82) is 0 Å². The van der Waals surface area contributed by atoms with Crippen molar-refractivity contribution in [3.63, 3.8) is 0 Å². The van der Waals surface area contributed by atoms with Gasteiger partial charge in [-0.25, -0.2) is 0 Å². The second kappa shape index (κ2) is 5.54. The van der Waals surface area contributed by atoms with Crippen molar-refractivity contribution >= 4 is 5.91 Å². The molecule has 116 valence electrons. The first kappa shape index (κ1) is 15.6. The first-order valence-corrected chi connectivity index (χ1v) is 6.78. The normalized spacial score (nSPS) is 23.2. The average molecular weight is 302 g/mol. The Bertz CT molecular complexity index is 585. The van der Waals surface area contributed by atoms with E-state index in [1.165, 1.54) is 4.90 Å². The molecule has 1 N–H and O–H groups in total. The van der Waals surface area contributed by atoms with Gasteiger partial charge in [0.05, 0.1) is 0 Å². The van der Waals surface area contributed by atoms with Gasteiger partial charge in [-0.05, 0) is 30.4 Å². The van der Waals surface area contributed by atoms with Crippen LogP contribution in [0.5, 0.6) is 0 Å². The van der Waals surface area contributed by atoms with Crippen LogP contribution in [-0.4, -0.2) is 28.9 Å². The van der Waals surface area contributed by atoms with Gasteiger partial charge < -0.3 is 9.88 Å². The molecule has 0 unspecified atom stereocenters. The van der Waals surface area contributed by atoms with E-state index in [4.69, 9.17) is 0 Å². The molecule has 1 aliphatic rings. The van der Waals surface area contributed by atoms with Gasteiger partial charge in [-0.2, -0.15) is 13.2 Å². The number of likely N-dealkylation sites (tertiary alicyclic amines) is 1. The van der Waals surface area contributed by atoms with Gasteiger partial charge >= 0.3 is 6.18 Å². The molecule has 1 aliphatic heterocycles. The van der Waals surface area contributed by atoms with Crippen molar-refractivity contribution in [3.05, 3.63) is 33.7 Å². The van der Waals surface area contributed by atoms with Gasteiger partial charge in [-0.1, -0.05) is 13.8 Å². The minimum absolute atomic E-state index is 0.246. The van der Waals surface area contributed by atoms with Gasteiger partial charge in [0.15, 0.2) is 0 Å². The largest absolute Gasteiger partial charge is 0.431 e. The number of halogens is 3. The third kappa shape index (κ3) is 3.46. The van der Waals surface area contributed by atoms with E-state index in [9.17, 15) is 22.8 Å². The van der Waals surface area contributed by atoms with E-state index in [1.54, 1.807) is 4.98 Å². The fourth-order valence-corrected chi connectivity index (χ4v) is 2.81. The maximum atomic E-state index is 12.5. The number of hydrogen-bond donors (Lipinski definition) is 1. The Morgan fingerprint density at radius 2 is 1.81 bits per heavy atom. The minimum atomic E-state index is -4.63. The van der Waals surface area contributed by atoms with E-state index in [0.717, 1.165) is 18.6 Å². The highest BCUT2D eigenvalue weighted by Crippen LogP contribution is 2.27. The van der Waals surface area contributed by atoms with E-state index >= 15 is 0 Å². The SMILES string of the molecule is C[C@H]1C[C@H](C)CN(C(=O)c2ccc(C(F)(F)F)[nH]c2=O)C1. The molecule has 0 aliphatic carbocycles. The molecule has 1 amide bonds. The fraction of sp³-hybridized carbons (Fsp3) is 0.571. The molecule has 0 bridgehead atoms. The van der Waals surface area contributed by atoms with Crippen LogP contribution < -0.4 is 5.56 Å². The van der Waals surface area contributed by atoms with Crippen LogP contribution in [0.4, 0.5) is 13.2 Å². The summed E-state index contributed by atoms with van der Waals surface area (Å²) in [6.45, 7) is 5.05. The molecule has 0 radical (unpaired) electrons. The Morgan fingerprint density at radius 1 is 1.24 bits per heavy atom. The minimum Gasteiger partial charge on any atom is -0.338 e. The number of nitrogens with zero attached hydrogens (tertiary/aromatic N) is 1.